The molecule has 3 rings (SSSR count). The normalized spacial score (nSPS) is 14.8. The minimum Gasteiger partial charge on any atom is -0.482 e. The second-order valence-electron chi connectivity index (χ2n) is 5.60. The Kier molecular flexibility index (Phi) is 4.20. The van der Waals surface area contributed by atoms with Crippen LogP contribution < -0.4 is 15.2 Å². The summed E-state index contributed by atoms with van der Waals surface area (Å²) >= 11 is 0. The van der Waals surface area contributed by atoms with Gasteiger partial charge in [0, 0.05) is 24.4 Å². The van der Waals surface area contributed by atoms with Crippen molar-refractivity contribution in [3.8, 4) is 5.75 Å². The molecule has 1 amide bonds. The Morgan fingerprint density at radius 1 is 1.25 bits per heavy atom. The van der Waals surface area contributed by atoms with Gasteiger partial charge in [0.15, 0.2) is 12.4 Å². The lowest BCUT2D eigenvalue weighted by atomic mass is 10.0. The van der Waals surface area contributed by atoms with E-state index in [0.29, 0.717) is 23.5 Å². The molecule has 0 aliphatic carbocycles. The van der Waals surface area contributed by atoms with Crippen molar-refractivity contribution in [2.24, 2.45) is 0 Å². The van der Waals surface area contributed by atoms with Crippen LogP contribution in [0.5, 0.6) is 5.75 Å². The number of benzene rings is 1. The number of hydrogen-bond acceptors (Lipinski definition) is 4. The summed E-state index contributed by atoms with van der Waals surface area (Å²) in [5.74, 6) is 0.250. The van der Waals surface area contributed by atoms with E-state index >= 15 is 0 Å². The Hall–Kier alpha value is -2.89. The molecule has 124 valence electrons. The molecule has 0 N–H and O–H groups in total. The third-order valence-corrected chi connectivity index (χ3v) is 4.15. The molecule has 6 heteroatoms. The van der Waals surface area contributed by atoms with Gasteiger partial charge in [0.2, 0.25) is 0 Å². The predicted octanol–water partition coefficient (Wildman–Crippen LogP) is 2.04. The van der Waals surface area contributed by atoms with Crippen LogP contribution in [0.3, 0.4) is 0 Å². The van der Waals surface area contributed by atoms with Crippen molar-refractivity contribution in [1.82, 2.24) is 4.57 Å². The molecule has 0 spiro atoms. The first-order valence-electron chi connectivity index (χ1n) is 7.81. The first-order chi connectivity index (χ1) is 11.5. The van der Waals surface area contributed by atoms with Crippen LogP contribution in [0.15, 0.2) is 47.4 Å². The molecule has 1 aliphatic heterocycles. The molecule has 0 fully saturated rings. The Bertz CT molecular complexity index is 856. The highest BCUT2D eigenvalue weighted by Gasteiger charge is 2.26. The van der Waals surface area contributed by atoms with Gasteiger partial charge in [0.05, 0.1) is 11.7 Å². The average Bonchev–Trinajstić information content (AvgIpc) is 2.60. The van der Waals surface area contributed by atoms with E-state index in [-0.39, 0.29) is 23.9 Å². The maximum atomic E-state index is 12.8. The number of ketones is 1. The second-order valence-corrected chi connectivity index (χ2v) is 5.60. The van der Waals surface area contributed by atoms with Crippen LogP contribution in [0.4, 0.5) is 5.69 Å². The molecule has 1 aromatic heterocycles. The molecule has 24 heavy (non-hydrogen) atoms. The van der Waals surface area contributed by atoms with Gasteiger partial charge >= 0.3 is 0 Å². The Balaban J connectivity index is 1.97. The molecular weight excluding hydrogens is 308 g/mol. The first kappa shape index (κ1) is 16.0. The smallest absolute Gasteiger partial charge is 0.265 e. The number of pyridine rings is 1. The van der Waals surface area contributed by atoms with Gasteiger partial charge in [0.1, 0.15) is 5.75 Å². The second kappa shape index (κ2) is 6.31. The summed E-state index contributed by atoms with van der Waals surface area (Å²) in [4.78, 5) is 38.2. The van der Waals surface area contributed by atoms with Gasteiger partial charge in [-0.2, -0.15) is 0 Å². The average molecular weight is 326 g/mol. The van der Waals surface area contributed by atoms with E-state index in [9.17, 15) is 14.4 Å². The fourth-order valence-corrected chi connectivity index (χ4v) is 2.83. The van der Waals surface area contributed by atoms with E-state index in [4.69, 9.17) is 4.74 Å². The highest BCUT2D eigenvalue weighted by molar-refractivity contribution is 6.03. The van der Waals surface area contributed by atoms with Crippen molar-refractivity contribution in [2.75, 3.05) is 18.1 Å². The van der Waals surface area contributed by atoms with Crippen molar-refractivity contribution in [2.45, 2.75) is 19.9 Å². The molecular formula is C18H18N2O4. The third-order valence-electron chi connectivity index (χ3n) is 4.15. The number of rotatable bonds is 4. The van der Waals surface area contributed by atoms with Crippen molar-refractivity contribution in [1.29, 1.82) is 0 Å². The lowest BCUT2D eigenvalue weighted by molar-refractivity contribution is -0.121. The molecule has 0 saturated carbocycles. The highest BCUT2D eigenvalue weighted by atomic mass is 16.5. The maximum absolute atomic E-state index is 12.8. The number of ether oxygens (including phenoxy) is 1. The number of carbonyl (C=O) groups excluding carboxylic acids is 2. The number of hydrogen-bond donors (Lipinski definition) is 0. The number of fused-ring (bicyclic) bond motifs is 1. The maximum Gasteiger partial charge on any atom is 0.265 e. The van der Waals surface area contributed by atoms with E-state index < -0.39 is 6.04 Å². The minimum atomic E-state index is -0.632. The minimum absolute atomic E-state index is 0.00391. The SMILES string of the molecule is CCN1C(=O)COc2ccc(C(=O)C(C)n3ccccc3=O)cc21. The number of likely N-dealkylation sites (N-methyl/N-ethyl adjacent to an activating group) is 1. The summed E-state index contributed by atoms with van der Waals surface area (Å²) < 4.78 is 6.80. The number of amides is 1. The van der Waals surface area contributed by atoms with Gasteiger partial charge in [-0.05, 0) is 38.1 Å². The number of nitrogens with zero attached hydrogens (tertiary/aromatic N) is 2. The first-order valence-corrected chi connectivity index (χ1v) is 7.81. The third kappa shape index (κ3) is 2.71. The molecule has 1 atom stereocenters. The van der Waals surface area contributed by atoms with Gasteiger partial charge in [-0.25, -0.2) is 0 Å². The van der Waals surface area contributed by atoms with Crippen LogP contribution in [0.25, 0.3) is 0 Å². The summed E-state index contributed by atoms with van der Waals surface area (Å²) in [6, 6.07) is 9.14. The summed E-state index contributed by atoms with van der Waals surface area (Å²) in [6.07, 6.45) is 1.59. The van der Waals surface area contributed by atoms with Crippen molar-refractivity contribution in [3.63, 3.8) is 0 Å². The van der Waals surface area contributed by atoms with E-state index in [1.54, 1.807) is 48.4 Å². The van der Waals surface area contributed by atoms with Crippen LogP contribution in [-0.2, 0) is 4.79 Å². The largest absolute Gasteiger partial charge is 0.482 e. The Morgan fingerprint density at radius 2 is 2.04 bits per heavy atom. The summed E-state index contributed by atoms with van der Waals surface area (Å²) in [7, 11) is 0. The zero-order chi connectivity index (χ0) is 17.3. The monoisotopic (exact) mass is 326 g/mol. The van der Waals surface area contributed by atoms with Crippen LogP contribution in [0, 0.1) is 0 Å². The standard InChI is InChI=1S/C18H18N2O4/c1-3-19-14-10-13(7-8-15(14)24-11-17(19)22)18(23)12(2)20-9-5-4-6-16(20)21/h4-10,12H,3,11H2,1-2H3. The van der Waals surface area contributed by atoms with E-state index in [1.165, 1.54) is 10.6 Å². The fourth-order valence-electron chi connectivity index (χ4n) is 2.83. The molecule has 1 aromatic carbocycles. The van der Waals surface area contributed by atoms with Gasteiger partial charge in [-0.1, -0.05) is 6.07 Å². The van der Waals surface area contributed by atoms with Gasteiger partial charge < -0.3 is 14.2 Å². The lowest BCUT2D eigenvalue weighted by Crippen LogP contribution is -2.38. The summed E-state index contributed by atoms with van der Waals surface area (Å²) in [6.45, 7) is 4.06. The van der Waals surface area contributed by atoms with Crippen molar-refractivity contribution >= 4 is 17.4 Å². The van der Waals surface area contributed by atoms with Crippen molar-refractivity contribution in [3.05, 3.63) is 58.5 Å². The lowest BCUT2D eigenvalue weighted by Gasteiger charge is -2.28. The molecule has 1 unspecified atom stereocenters. The van der Waals surface area contributed by atoms with Crippen molar-refractivity contribution < 1.29 is 14.3 Å². The zero-order valence-electron chi connectivity index (χ0n) is 13.6. The molecule has 2 aromatic rings. The quantitative estimate of drug-likeness (QED) is 0.806. The van der Waals surface area contributed by atoms with Crippen LogP contribution in [0.1, 0.15) is 30.2 Å². The van der Waals surface area contributed by atoms with E-state index in [2.05, 4.69) is 0 Å². The predicted molar refractivity (Wildman–Crippen MR) is 89.7 cm³/mol. The summed E-state index contributed by atoms with van der Waals surface area (Å²) in [5.41, 5.74) is 0.797. The van der Waals surface area contributed by atoms with E-state index in [0.717, 1.165) is 0 Å². The number of aromatic nitrogens is 1. The van der Waals surface area contributed by atoms with Crippen LogP contribution in [0.2, 0.25) is 0 Å². The Labute approximate surface area is 139 Å². The highest BCUT2D eigenvalue weighted by Crippen LogP contribution is 2.33. The van der Waals surface area contributed by atoms with Crippen LogP contribution in [-0.4, -0.2) is 29.4 Å². The number of carbonyl (C=O) groups is 2. The summed E-state index contributed by atoms with van der Waals surface area (Å²) in [5, 5.41) is 0. The molecule has 0 bridgehead atoms. The van der Waals surface area contributed by atoms with Gasteiger partial charge in [-0.15, -0.1) is 0 Å². The van der Waals surface area contributed by atoms with Crippen LogP contribution >= 0.6 is 0 Å². The molecule has 0 saturated heterocycles. The topological polar surface area (TPSA) is 68.6 Å². The molecule has 2 heterocycles. The number of Topliss-reactive ketones (excluding diaryl/α,β-unsaturated/α-hetero) is 1. The Morgan fingerprint density at radius 3 is 2.75 bits per heavy atom. The molecule has 6 nitrogen and oxygen atoms in total. The number of anilines is 1. The zero-order valence-corrected chi connectivity index (χ0v) is 13.6. The van der Waals surface area contributed by atoms with Gasteiger partial charge in [-0.3, -0.25) is 14.4 Å². The van der Waals surface area contributed by atoms with Gasteiger partial charge in [0.25, 0.3) is 11.5 Å². The van der Waals surface area contributed by atoms with E-state index in [1.807, 2.05) is 6.92 Å². The fraction of sp³-hybridized carbons (Fsp3) is 0.278. The molecule has 0 radical (unpaired) electrons. The molecule has 1 aliphatic rings.